The highest BCUT2D eigenvalue weighted by molar-refractivity contribution is 5.86. The van der Waals surface area contributed by atoms with E-state index in [2.05, 4.69) is 24.9 Å². The molecule has 0 saturated heterocycles. The van der Waals surface area contributed by atoms with E-state index in [0.717, 1.165) is 10.9 Å². The van der Waals surface area contributed by atoms with Gasteiger partial charge in [-0.05, 0) is 18.1 Å². The molecule has 0 fully saturated rings. The first-order valence-electron chi connectivity index (χ1n) is 5.63. The first-order valence-corrected chi connectivity index (χ1v) is 5.63. The summed E-state index contributed by atoms with van der Waals surface area (Å²) in [5, 5.41) is 9.97. The van der Waals surface area contributed by atoms with Gasteiger partial charge in [0.2, 0.25) is 0 Å². The third-order valence-corrected chi connectivity index (χ3v) is 2.41. The van der Waals surface area contributed by atoms with E-state index < -0.39 is 0 Å². The van der Waals surface area contributed by atoms with Crippen molar-refractivity contribution in [3.8, 4) is 11.8 Å². The zero-order valence-electron chi connectivity index (χ0n) is 9.97. The molecule has 0 aliphatic heterocycles. The maximum absolute atomic E-state index is 9.07. The fraction of sp³-hybridized carbons (Fsp3) is 0.286. The summed E-state index contributed by atoms with van der Waals surface area (Å²) in [6.45, 7) is 4.76. The normalized spacial score (nSPS) is 10.5. The van der Waals surface area contributed by atoms with Crippen molar-refractivity contribution in [1.29, 1.82) is 5.26 Å². The highest BCUT2D eigenvalue weighted by Crippen LogP contribution is 2.28. The van der Waals surface area contributed by atoms with Crippen LogP contribution in [0.4, 0.5) is 0 Å². The second-order valence-electron chi connectivity index (χ2n) is 4.33. The van der Waals surface area contributed by atoms with Crippen molar-refractivity contribution >= 4 is 10.9 Å². The molecule has 0 unspecified atom stereocenters. The summed E-state index contributed by atoms with van der Waals surface area (Å²) in [5.74, 6) is 1.07. The third-order valence-electron chi connectivity index (χ3n) is 2.41. The summed E-state index contributed by atoms with van der Waals surface area (Å²) < 4.78 is 5.74. The van der Waals surface area contributed by atoms with Crippen LogP contribution >= 0.6 is 0 Å². The highest BCUT2D eigenvalue weighted by Gasteiger charge is 2.10. The molecular formula is C14H14N2O. The Balaban J connectivity index is 2.52. The van der Waals surface area contributed by atoms with Crippen LogP contribution in [0, 0.1) is 17.2 Å². The summed E-state index contributed by atoms with van der Waals surface area (Å²) in [4.78, 5) is 4.24. The average Bonchev–Trinajstić information content (AvgIpc) is 2.35. The van der Waals surface area contributed by atoms with Crippen molar-refractivity contribution in [3.05, 3.63) is 36.0 Å². The number of hydrogen-bond acceptors (Lipinski definition) is 3. The highest BCUT2D eigenvalue weighted by atomic mass is 16.5. The average molecular weight is 226 g/mol. The molecule has 1 aromatic heterocycles. The number of rotatable bonds is 3. The van der Waals surface area contributed by atoms with E-state index in [9.17, 15) is 0 Å². The number of hydrogen-bond donors (Lipinski definition) is 0. The summed E-state index contributed by atoms with van der Waals surface area (Å²) in [6, 6.07) is 9.82. The van der Waals surface area contributed by atoms with Gasteiger partial charge in [0.15, 0.2) is 0 Å². The van der Waals surface area contributed by atoms with Gasteiger partial charge in [-0.15, -0.1) is 0 Å². The van der Waals surface area contributed by atoms with Crippen LogP contribution in [0.5, 0.6) is 5.75 Å². The maximum Gasteiger partial charge on any atom is 0.148 e. The van der Waals surface area contributed by atoms with Crippen molar-refractivity contribution in [2.24, 2.45) is 5.92 Å². The number of fused-ring (bicyclic) bond motifs is 1. The van der Waals surface area contributed by atoms with Crippen LogP contribution in [-0.4, -0.2) is 11.6 Å². The van der Waals surface area contributed by atoms with Crippen LogP contribution in [0.2, 0.25) is 0 Å². The summed E-state index contributed by atoms with van der Waals surface area (Å²) in [5.41, 5.74) is 1.34. The van der Waals surface area contributed by atoms with Gasteiger partial charge in [0.05, 0.1) is 12.1 Å². The molecule has 3 nitrogen and oxygen atoms in total. The SMILES string of the molecule is CC(C)COc1c(C#N)cnc2ccccc12. The van der Waals surface area contributed by atoms with E-state index in [0.29, 0.717) is 23.8 Å². The monoisotopic (exact) mass is 226 g/mol. The molecule has 0 bridgehead atoms. The molecule has 0 N–H and O–H groups in total. The molecule has 86 valence electrons. The van der Waals surface area contributed by atoms with E-state index in [1.54, 1.807) is 6.20 Å². The van der Waals surface area contributed by atoms with E-state index in [1.807, 2.05) is 24.3 Å². The summed E-state index contributed by atoms with van der Waals surface area (Å²) in [6.07, 6.45) is 1.57. The largest absolute Gasteiger partial charge is 0.491 e. The lowest BCUT2D eigenvalue weighted by Gasteiger charge is -2.12. The van der Waals surface area contributed by atoms with Crippen LogP contribution in [-0.2, 0) is 0 Å². The zero-order valence-corrected chi connectivity index (χ0v) is 9.97. The van der Waals surface area contributed by atoms with Gasteiger partial charge < -0.3 is 4.74 Å². The van der Waals surface area contributed by atoms with Gasteiger partial charge in [0, 0.05) is 11.6 Å². The van der Waals surface area contributed by atoms with Gasteiger partial charge in [0.25, 0.3) is 0 Å². The number of nitriles is 1. The minimum atomic E-state index is 0.425. The maximum atomic E-state index is 9.07. The lowest BCUT2D eigenvalue weighted by atomic mass is 10.1. The Labute approximate surface area is 101 Å². The Bertz CT molecular complexity index is 570. The van der Waals surface area contributed by atoms with Crippen LogP contribution in [0.25, 0.3) is 10.9 Å². The van der Waals surface area contributed by atoms with Crippen molar-refractivity contribution in [2.75, 3.05) is 6.61 Å². The standard InChI is InChI=1S/C14H14N2O/c1-10(2)9-17-14-11(7-15)8-16-13-6-4-3-5-12(13)14/h3-6,8,10H,9H2,1-2H3. The minimum absolute atomic E-state index is 0.425. The molecule has 0 aliphatic carbocycles. The van der Waals surface area contributed by atoms with Gasteiger partial charge in [-0.1, -0.05) is 26.0 Å². The smallest absolute Gasteiger partial charge is 0.148 e. The van der Waals surface area contributed by atoms with Crippen molar-refractivity contribution in [2.45, 2.75) is 13.8 Å². The second-order valence-corrected chi connectivity index (χ2v) is 4.33. The second kappa shape index (κ2) is 4.84. The molecule has 0 saturated carbocycles. The Hall–Kier alpha value is -2.08. The van der Waals surface area contributed by atoms with Crippen LogP contribution in [0.15, 0.2) is 30.5 Å². The molecule has 0 radical (unpaired) electrons. The Morgan fingerprint density at radius 1 is 1.35 bits per heavy atom. The third kappa shape index (κ3) is 2.36. The molecule has 0 amide bonds. The lowest BCUT2D eigenvalue weighted by Crippen LogP contribution is -2.06. The van der Waals surface area contributed by atoms with E-state index >= 15 is 0 Å². The molecule has 0 aliphatic rings. The topological polar surface area (TPSA) is 45.9 Å². The Morgan fingerprint density at radius 3 is 2.82 bits per heavy atom. The molecule has 1 aromatic carbocycles. The number of benzene rings is 1. The molecule has 2 rings (SSSR count). The van der Waals surface area contributed by atoms with E-state index in [4.69, 9.17) is 10.00 Å². The molecule has 0 spiro atoms. The van der Waals surface area contributed by atoms with Crippen molar-refractivity contribution in [1.82, 2.24) is 4.98 Å². The molecule has 3 heteroatoms. The first-order chi connectivity index (χ1) is 8.22. The lowest BCUT2D eigenvalue weighted by molar-refractivity contribution is 0.273. The van der Waals surface area contributed by atoms with Gasteiger partial charge in [-0.2, -0.15) is 5.26 Å². The fourth-order valence-corrected chi connectivity index (χ4v) is 1.60. The minimum Gasteiger partial charge on any atom is -0.491 e. The number of ether oxygens (including phenoxy) is 1. The first kappa shape index (κ1) is 11.4. The van der Waals surface area contributed by atoms with Gasteiger partial charge in [-0.3, -0.25) is 4.98 Å². The predicted octanol–water partition coefficient (Wildman–Crippen LogP) is 3.14. The fourth-order valence-electron chi connectivity index (χ4n) is 1.60. The molecular weight excluding hydrogens is 212 g/mol. The Morgan fingerprint density at radius 2 is 2.12 bits per heavy atom. The predicted molar refractivity (Wildman–Crippen MR) is 66.8 cm³/mol. The number of pyridine rings is 1. The van der Waals surface area contributed by atoms with Crippen LogP contribution in [0.1, 0.15) is 19.4 Å². The Kier molecular flexibility index (Phi) is 3.24. The zero-order chi connectivity index (χ0) is 12.3. The quantitative estimate of drug-likeness (QED) is 0.807. The number of para-hydroxylation sites is 1. The molecule has 1 heterocycles. The van der Waals surface area contributed by atoms with Gasteiger partial charge in [0.1, 0.15) is 17.4 Å². The van der Waals surface area contributed by atoms with Crippen LogP contribution < -0.4 is 4.74 Å². The molecule has 17 heavy (non-hydrogen) atoms. The number of nitrogens with zero attached hydrogens (tertiary/aromatic N) is 2. The van der Waals surface area contributed by atoms with Crippen molar-refractivity contribution in [3.63, 3.8) is 0 Å². The van der Waals surface area contributed by atoms with Gasteiger partial charge >= 0.3 is 0 Å². The van der Waals surface area contributed by atoms with Gasteiger partial charge in [-0.25, -0.2) is 0 Å². The van der Waals surface area contributed by atoms with Crippen LogP contribution in [0.3, 0.4) is 0 Å². The molecule has 2 aromatic rings. The van der Waals surface area contributed by atoms with Crippen molar-refractivity contribution < 1.29 is 4.74 Å². The summed E-state index contributed by atoms with van der Waals surface area (Å²) in [7, 11) is 0. The van der Waals surface area contributed by atoms with E-state index in [1.165, 1.54) is 0 Å². The molecule has 0 atom stereocenters. The summed E-state index contributed by atoms with van der Waals surface area (Å²) >= 11 is 0. The van der Waals surface area contributed by atoms with E-state index in [-0.39, 0.29) is 0 Å². The number of aromatic nitrogens is 1.